The Bertz CT molecular complexity index is 619. The second-order valence-corrected chi connectivity index (χ2v) is 5.09. The molecular weight excluding hydrogens is 334 g/mol. The molecule has 0 fully saturated rings. The summed E-state index contributed by atoms with van der Waals surface area (Å²) in [5.41, 5.74) is 4.30. The molecule has 128 valence electrons. The predicted molar refractivity (Wildman–Crippen MR) is 90.1 cm³/mol. The Morgan fingerprint density at radius 2 is 1.54 bits per heavy atom. The van der Waals surface area contributed by atoms with Gasteiger partial charge in [-0.05, 0) is 42.7 Å². The largest absolute Gasteiger partial charge is 0.473 e. The van der Waals surface area contributed by atoms with E-state index >= 15 is 0 Å². The molecule has 2 rings (SSSR count). The maximum atomic E-state index is 9.10. The zero-order valence-corrected chi connectivity index (χ0v) is 13.6. The number of nitrogens with one attached hydrogen (secondary N) is 1. The van der Waals surface area contributed by atoms with Crippen molar-refractivity contribution in [3.63, 3.8) is 0 Å². The lowest BCUT2D eigenvalue weighted by atomic mass is 10.1. The number of hydrogen-bond acceptors (Lipinski definition) is 4. The second-order valence-electron chi connectivity index (χ2n) is 4.65. The zero-order valence-electron chi connectivity index (χ0n) is 12.8. The molecule has 0 bridgehead atoms. The van der Waals surface area contributed by atoms with Gasteiger partial charge in [0.25, 0.3) is 0 Å². The van der Waals surface area contributed by atoms with Crippen molar-refractivity contribution in [3.8, 4) is 5.75 Å². The monoisotopic (exact) mass is 351 g/mol. The molecule has 24 heavy (non-hydrogen) atoms. The van der Waals surface area contributed by atoms with E-state index in [4.69, 9.17) is 36.2 Å². The lowest BCUT2D eigenvalue weighted by molar-refractivity contribution is -0.159. The van der Waals surface area contributed by atoms with Crippen LogP contribution >= 0.6 is 11.6 Å². The summed E-state index contributed by atoms with van der Waals surface area (Å²) in [5.74, 6) is -2.87. The molecular formula is C17H18ClNO5. The van der Waals surface area contributed by atoms with Crippen LogP contribution in [-0.4, -0.2) is 28.7 Å². The van der Waals surface area contributed by atoms with Crippen molar-refractivity contribution in [2.45, 2.75) is 12.8 Å². The van der Waals surface area contributed by atoms with Gasteiger partial charge in [0, 0.05) is 11.6 Å². The lowest BCUT2D eigenvalue weighted by Gasteiger charge is -2.07. The molecule has 3 N–H and O–H groups in total. The fourth-order valence-electron chi connectivity index (χ4n) is 1.65. The summed E-state index contributed by atoms with van der Waals surface area (Å²) in [7, 11) is 0. The average Bonchev–Trinajstić information content (AvgIpc) is 2.58. The van der Waals surface area contributed by atoms with Gasteiger partial charge in [-0.15, -0.1) is 0 Å². The fraction of sp³-hybridized carbons (Fsp3) is 0.176. The molecule has 7 heteroatoms. The smallest absolute Gasteiger partial charge is 0.414 e. The number of carbonyl (C=O) groups is 2. The van der Waals surface area contributed by atoms with Crippen LogP contribution in [0.3, 0.4) is 0 Å². The molecule has 2 aromatic carbocycles. The maximum absolute atomic E-state index is 9.10. The molecule has 0 unspecified atom stereocenters. The summed E-state index contributed by atoms with van der Waals surface area (Å²) in [5, 5.41) is 15.5. The highest BCUT2D eigenvalue weighted by molar-refractivity contribution is 6.30. The van der Waals surface area contributed by atoms with Crippen molar-refractivity contribution >= 4 is 23.5 Å². The number of carboxylic acid groups (broad SMARTS) is 2. The molecule has 0 radical (unpaired) electrons. The van der Waals surface area contributed by atoms with E-state index in [-0.39, 0.29) is 0 Å². The Labute approximate surface area is 144 Å². The quantitative estimate of drug-likeness (QED) is 0.420. The Morgan fingerprint density at radius 3 is 2.08 bits per heavy atom. The van der Waals surface area contributed by atoms with Gasteiger partial charge in [-0.1, -0.05) is 41.9 Å². The molecule has 0 spiro atoms. The van der Waals surface area contributed by atoms with Gasteiger partial charge in [-0.2, -0.15) is 5.48 Å². The van der Waals surface area contributed by atoms with Crippen molar-refractivity contribution < 1.29 is 24.6 Å². The van der Waals surface area contributed by atoms with Crippen LogP contribution in [0.4, 0.5) is 0 Å². The van der Waals surface area contributed by atoms with Crippen LogP contribution in [-0.2, 0) is 16.0 Å². The number of benzene rings is 2. The van der Waals surface area contributed by atoms with E-state index < -0.39 is 11.9 Å². The van der Waals surface area contributed by atoms with E-state index in [1.807, 2.05) is 30.3 Å². The first-order valence-corrected chi connectivity index (χ1v) is 7.52. The Morgan fingerprint density at radius 1 is 0.958 bits per heavy atom. The van der Waals surface area contributed by atoms with Crippen LogP contribution in [0.1, 0.15) is 12.0 Å². The molecule has 0 amide bonds. The SMILES string of the molecule is Clc1ccc(ONCCCc2ccccc2)cc1.O=C(O)C(=O)O. The van der Waals surface area contributed by atoms with Gasteiger partial charge in [0.15, 0.2) is 0 Å². The van der Waals surface area contributed by atoms with Gasteiger partial charge in [-0.25, -0.2) is 9.59 Å². The van der Waals surface area contributed by atoms with Crippen LogP contribution in [0, 0.1) is 0 Å². The van der Waals surface area contributed by atoms with Crippen molar-refractivity contribution in [1.82, 2.24) is 5.48 Å². The van der Waals surface area contributed by atoms with Gasteiger partial charge < -0.3 is 15.1 Å². The van der Waals surface area contributed by atoms with Crippen LogP contribution in [0.15, 0.2) is 54.6 Å². The first-order valence-electron chi connectivity index (χ1n) is 7.14. The third-order valence-corrected chi connectivity index (χ3v) is 3.03. The topological polar surface area (TPSA) is 95.9 Å². The number of rotatable bonds is 6. The maximum Gasteiger partial charge on any atom is 0.414 e. The Hall–Kier alpha value is -2.57. The van der Waals surface area contributed by atoms with Gasteiger partial charge in [0.05, 0.1) is 0 Å². The molecule has 0 saturated heterocycles. The summed E-state index contributed by atoms with van der Waals surface area (Å²) in [4.78, 5) is 23.6. The van der Waals surface area contributed by atoms with Gasteiger partial charge >= 0.3 is 11.9 Å². The molecule has 0 aromatic heterocycles. The van der Waals surface area contributed by atoms with Crippen molar-refractivity contribution in [2.24, 2.45) is 0 Å². The van der Waals surface area contributed by atoms with Crippen LogP contribution < -0.4 is 10.3 Å². The van der Waals surface area contributed by atoms with Crippen LogP contribution in [0.5, 0.6) is 5.75 Å². The average molecular weight is 352 g/mol. The van der Waals surface area contributed by atoms with E-state index in [1.54, 1.807) is 0 Å². The highest BCUT2D eigenvalue weighted by Gasteiger charge is 2.04. The first kappa shape index (κ1) is 19.5. The van der Waals surface area contributed by atoms with Crippen molar-refractivity contribution in [1.29, 1.82) is 0 Å². The van der Waals surface area contributed by atoms with Gasteiger partial charge in [-0.3, -0.25) is 0 Å². The second kappa shape index (κ2) is 11.0. The number of hydroxylamine groups is 1. The first-order chi connectivity index (χ1) is 11.5. The normalized spacial score (nSPS) is 9.54. The van der Waals surface area contributed by atoms with Gasteiger partial charge in [0.1, 0.15) is 5.75 Å². The molecule has 2 aromatic rings. The van der Waals surface area contributed by atoms with Crippen molar-refractivity contribution in [2.75, 3.05) is 6.54 Å². The van der Waals surface area contributed by atoms with E-state index in [9.17, 15) is 0 Å². The lowest BCUT2D eigenvalue weighted by Crippen LogP contribution is -2.20. The predicted octanol–water partition coefficient (Wildman–Crippen LogP) is 3.01. The minimum absolute atomic E-state index is 0.714. The minimum atomic E-state index is -1.82. The highest BCUT2D eigenvalue weighted by atomic mass is 35.5. The number of carboxylic acids is 2. The van der Waals surface area contributed by atoms with E-state index in [0.717, 1.165) is 25.1 Å². The fourth-order valence-corrected chi connectivity index (χ4v) is 1.77. The number of aliphatic carboxylic acids is 2. The van der Waals surface area contributed by atoms with E-state index in [1.165, 1.54) is 5.56 Å². The molecule has 0 aliphatic carbocycles. The summed E-state index contributed by atoms with van der Waals surface area (Å²) >= 11 is 5.79. The zero-order chi connectivity index (χ0) is 17.8. The summed E-state index contributed by atoms with van der Waals surface area (Å²) in [6.07, 6.45) is 2.09. The molecule has 0 saturated carbocycles. The molecule has 0 heterocycles. The number of hydrogen-bond donors (Lipinski definition) is 3. The molecule has 0 atom stereocenters. The molecule has 0 aliphatic heterocycles. The third-order valence-electron chi connectivity index (χ3n) is 2.77. The third kappa shape index (κ3) is 8.77. The van der Waals surface area contributed by atoms with Crippen LogP contribution in [0.25, 0.3) is 0 Å². The minimum Gasteiger partial charge on any atom is -0.473 e. The van der Waals surface area contributed by atoms with E-state index in [2.05, 4.69) is 29.7 Å². The summed E-state index contributed by atoms with van der Waals surface area (Å²) in [6, 6.07) is 17.7. The van der Waals surface area contributed by atoms with Crippen LogP contribution in [0.2, 0.25) is 5.02 Å². The molecule has 6 nitrogen and oxygen atoms in total. The summed E-state index contributed by atoms with van der Waals surface area (Å²) in [6.45, 7) is 0.817. The number of halogens is 1. The Kier molecular flexibility index (Phi) is 8.96. The van der Waals surface area contributed by atoms with E-state index in [0.29, 0.717) is 5.02 Å². The van der Waals surface area contributed by atoms with Crippen molar-refractivity contribution in [3.05, 3.63) is 65.2 Å². The summed E-state index contributed by atoms with van der Waals surface area (Å²) < 4.78 is 0. The number of aryl methyl sites for hydroxylation is 1. The Balaban J connectivity index is 0.000000413. The molecule has 0 aliphatic rings. The standard InChI is InChI=1S/C15H16ClNO.C2H2O4/c16-14-8-10-15(11-9-14)18-17-12-4-7-13-5-2-1-3-6-13;3-1(4)2(5)6/h1-3,5-6,8-11,17H,4,7,12H2;(H,3,4)(H,5,6). The van der Waals surface area contributed by atoms with Gasteiger partial charge in [0.2, 0.25) is 0 Å². The highest BCUT2D eigenvalue weighted by Crippen LogP contribution is 2.14.